The molecule has 0 fully saturated rings. The fraction of sp³-hybridized carbons (Fsp3) is 0.0714. The van der Waals surface area contributed by atoms with E-state index in [9.17, 15) is 0 Å². The second-order valence-electron chi connectivity index (χ2n) is 7.05. The summed E-state index contributed by atoms with van der Waals surface area (Å²) >= 11 is 0. The van der Waals surface area contributed by atoms with Crippen molar-refractivity contribution in [3.63, 3.8) is 0 Å². The number of fused-ring (bicyclic) bond motifs is 4. The molecule has 0 heterocycles. The molecule has 130 valence electrons. The molecule has 0 aliphatic rings. The lowest BCUT2D eigenvalue weighted by molar-refractivity contribution is 1.71. The highest BCUT2D eigenvalue weighted by molar-refractivity contribution is 6.09. The Morgan fingerprint density at radius 2 is 0.857 bits per heavy atom. The van der Waals surface area contributed by atoms with Crippen LogP contribution in [0.25, 0.3) is 43.1 Å². The number of benzene rings is 5. The maximum atomic E-state index is 3.23. The normalized spacial score (nSPS) is 10.6. The maximum absolute atomic E-state index is 3.23. The van der Waals surface area contributed by atoms with Gasteiger partial charge in [-0.3, -0.25) is 0 Å². The van der Waals surface area contributed by atoms with Gasteiger partial charge >= 0.3 is 0 Å². The molecule has 28 heavy (non-hydrogen) atoms. The lowest BCUT2D eigenvalue weighted by atomic mass is 9.95. The summed E-state index contributed by atoms with van der Waals surface area (Å²) in [6.45, 7) is 3.77. The monoisotopic (exact) mass is 354 g/mol. The largest absolute Gasteiger partial charge is 0.101 e. The molecule has 0 atom stereocenters. The van der Waals surface area contributed by atoms with E-state index in [0.717, 1.165) is 11.1 Å². The zero-order valence-corrected chi connectivity index (χ0v) is 15.9. The third-order valence-corrected chi connectivity index (χ3v) is 5.31. The molecule has 0 unspecified atom stereocenters. The molecule has 0 saturated heterocycles. The van der Waals surface area contributed by atoms with Crippen LogP contribution >= 0.6 is 0 Å². The molecule has 0 heteroatoms. The van der Waals surface area contributed by atoms with E-state index in [2.05, 4.69) is 96.5 Å². The highest BCUT2D eigenvalue weighted by atomic mass is 14.1. The van der Waals surface area contributed by atoms with Crippen molar-refractivity contribution < 1.29 is 0 Å². The van der Waals surface area contributed by atoms with E-state index < -0.39 is 0 Å². The molecule has 0 N–H and O–H groups in total. The molecule has 5 rings (SSSR count). The summed E-state index contributed by atoms with van der Waals surface area (Å²) in [7, 11) is 0. The van der Waals surface area contributed by atoms with Gasteiger partial charge in [0.05, 0.1) is 0 Å². The third-order valence-electron chi connectivity index (χ3n) is 5.31. The molecule has 0 saturated carbocycles. The first-order valence-corrected chi connectivity index (χ1v) is 9.45. The average molecular weight is 354 g/mol. The Labute approximate surface area is 164 Å². The van der Waals surface area contributed by atoms with Crippen LogP contribution in [0.1, 0.15) is 25.0 Å². The van der Waals surface area contributed by atoms with Crippen LogP contribution in [0, 0.1) is 23.7 Å². The van der Waals surface area contributed by atoms with Crippen molar-refractivity contribution in [3.05, 3.63) is 83.9 Å². The number of hydrogen-bond donors (Lipinski definition) is 0. The van der Waals surface area contributed by atoms with Crippen LogP contribution in [0.15, 0.2) is 72.8 Å². The fourth-order valence-electron chi connectivity index (χ4n) is 4.04. The van der Waals surface area contributed by atoms with Gasteiger partial charge < -0.3 is 0 Å². The Morgan fingerprint density at radius 1 is 0.464 bits per heavy atom. The molecular formula is C28H18. The minimum atomic E-state index is 1.08. The lowest BCUT2D eigenvalue weighted by Crippen LogP contribution is -1.84. The quantitative estimate of drug-likeness (QED) is 0.207. The Bertz CT molecular complexity index is 1410. The van der Waals surface area contributed by atoms with Crippen molar-refractivity contribution in [1.82, 2.24) is 0 Å². The Kier molecular flexibility index (Phi) is 3.79. The lowest BCUT2D eigenvalue weighted by Gasteiger charge is -2.09. The van der Waals surface area contributed by atoms with E-state index >= 15 is 0 Å². The van der Waals surface area contributed by atoms with Crippen molar-refractivity contribution in [2.45, 2.75) is 13.8 Å². The third kappa shape index (κ3) is 2.60. The number of rotatable bonds is 0. The summed E-state index contributed by atoms with van der Waals surface area (Å²) < 4.78 is 0. The fourth-order valence-corrected chi connectivity index (χ4v) is 4.04. The topological polar surface area (TPSA) is 0 Å². The van der Waals surface area contributed by atoms with Crippen molar-refractivity contribution in [3.8, 4) is 23.7 Å². The van der Waals surface area contributed by atoms with Gasteiger partial charge in [0.15, 0.2) is 0 Å². The van der Waals surface area contributed by atoms with E-state index in [4.69, 9.17) is 0 Å². The SMILES string of the molecule is CC#Cc1cccc2cc3cc4cc5cccc(C#CC)c5cc4cc3cc12. The predicted molar refractivity (Wildman–Crippen MR) is 122 cm³/mol. The van der Waals surface area contributed by atoms with Crippen LogP contribution in [0.4, 0.5) is 0 Å². The van der Waals surface area contributed by atoms with Gasteiger partial charge in [-0.1, -0.05) is 36.1 Å². The minimum absolute atomic E-state index is 1.08. The summed E-state index contributed by atoms with van der Waals surface area (Å²) in [6, 6.07) is 26.3. The van der Waals surface area contributed by atoms with Gasteiger partial charge in [-0.25, -0.2) is 0 Å². The van der Waals surface area contributed by atoms with Gasteiger partial charge in [-0.2, -0.15) is 0 Å². The second-order valence-corrected chi connectivity index (χ2v) is 7.05. The van der Waals surface area contributed by atoms with Gasteiger partial charge in [-0.15, -0.1) is 11.8 Å². The molecule has 0 amide bonds. The molecule has 5 aromatic rings. The van der Waals surface area contributed by atoms with Gasteiger partial charge in [0.25, 0.3) is 0 Å². The molecule has 0 bridgehead atoms. The molecule has 0 aliphatic heterocycles. The van der Waals surface area contributed by atoms with Crippen molar-refractivity contribution in [2.24, 2.45) is 0 Å². The summed E-state index contributed by atoms with van der Waals surface area (Å²) in [5, 5.41) is 9.87. The Balaban J connectivity index is 1.86. The van der Waals surface area contributed by atoms with E-state index in [-0.39, 0.29) is 0 Å². The molecule has 0 nitrogen and oxygen atoms in total. The zero-order valence-electron chi connectivity index (χ0n) is 15.9. The zero-order chi connectivity index (χ0) is 19.1. The first kappa shape index (κ1) is 16.4. The maximum Gasteiger partial charge on any atom is 0.0323 e. The van der Waals surface area contributed by atoms with Crippen LogP contribution in [0.2, 0.25) is 0 Å². The van der Waals surface area contributed by atoms with Gasteiger partial charge in [-0.05, 0) is 105 Å². The van der Waals surface area contributed by atoms with Crippen LogP contribution < -0.4 is 0 Å². The van der Waals surface area contributed by atoms with Crippen LogP contribution in [-0.4, -0.2) is 0 Å². The van der Waals surface area contributed by atoms with Crippen molar-refractivity contribution in [2.75, 3.05) is 0 Å². The first-order valence-electron chi connectivity index (χ1n) is 9.45. The van der Waals surface area contributed by atoms with Crippen LogP contribution in [0.3, 0.4) is 0 Å². The van der Waals surface area contributed by atoms with Crippen LogP contribution in [-0.2, 0) is 0 Å². The Hall–Kier alpha value is -3.74. The van der Waals surface area contributed by atoms with Gasteiger partial charge in [0.2, 0.25) is 0 Å². The molecular weight excluding hydrogens is 336 g/mol. The van der Waals surface area contributed by atoms with E-state index in [1.54, 1.807) is 0 Å². The molecule has 0 spiro atoms. The summed E-state index contributed by atoms with van der Waals surface area (Å²) in [5.41, 5.74) is 2.17. The summed E-state index contributed by atoms with van der Waals surface area (Å²) in [5.74, 6) is 12.5. The van der Waals surface area contributed by atoms with E-state index in [0.29, 0.717) is 0 Å². The summed E-state index contributed by atoms with van der Waals surface area (Å²) in [6.07, 6.45) is 0. The van der Waals surface area contributed by atoms with Crippen LogP contribution in [0.5, 0.6) is 0 Å². The molecule has 5 aromatic carbocycles. The molecule has 0 aromatic heterocycles. The highest BCUT2D eigenvalue weighted by Gasteiger charge is 2.06. The van der Waals surface area contributed by atoms with Crippen molar-refractivity contribution >= 4 is 43.1 Å². The standard InChI is InChI=1S/C28H18/c1-3-7-19-9-5-11-21-13-23-15-24-14-22-12-6-10-20(8-4-2)28(22)18-26(24)16-25(23)17-27(19)21/h5-6,9-18H,1-2H3. The number of hydrogen-bond acceptors (Lipinski definition) is 0. The minimum Gasteiger partial charge on any atom is -0.101 e. The predicted octanol–water partition coefficient (Wildman–Crippen LogP) is 7.04. The molecule has 0 radical (unpaired) electrons. The van der Waals surface area contributed by atoms with E-state index in [1.165, 1.54) is 43.1 Å². The molecule has 0 aliphatic carbocycles. The first-order chi connectivity index (χ1) is 13.8. The average Bonchev–Trinajstić information content (AvgIpc) is 2.70. The van der Waals surface area contributed by atoms with Crippen molar-refractivity contribution in [1.29, 1.82) is 0 Å². The second kappa shape index (κ2) is 6.45. The van der Waals surface area contributed by atoms with Gasteiger partial charge in [0, 0.05) is 11.1 Å². The highest BCUT2D eigenvalue weighted by Crippen LogP contribution is 2.32. The van der Waals surface area contributed by atoms with Gasteiger partial charge in [0.1, 0.15) is 0 Å². The smallest absolute Gasteiger partial charge is 0.0323 e. The summed E-state index contributed by atoms with van der Waals surface area (Å²) in [4.78, 5) is 0. The van der Waals surface area contributed by atoms with E-state index in [1.807, 2.05) is 13.8 Å². The Morgan fingerprint density at radius 3 is 1.29 bits per heavy atom.